The van der Waals surface area contributed by atoms with E-state index < -0.39 is 0 Å². The van der Waals surface area contributed by atoms with Crippen LogP contribution in [0.2, 0.25) is 0 Å². The highest BCUT2D eigenvalue weighted by molar-refractivity contribution is 14.0. The molecule has 0 amide bonds. The van der Waals surface area contributed by atoms with Crippen LogP contribution in [0.25, 0.3) is 0 Å². The van der Waals surface area contributed by atoms with Gasteiger partial charge in [-0.15, -0.1) is 24.0 Å². The number of nitrogens with one attached hydrogen (secondary N) is 2. The quantitative estimate of drug-likeness (QED) is 0.418. The van der Waals surface area contributed by atoms with Crippen molar-refractivity contribution >= 4 is 29.9 Å². The highest BCUT2D eigenvalue weighted by Gasteiger charge is 2.14. The lowest BCUT2D eigenvalue weighted by atomic mass is 10.00. The van der Waals surface area contributed by atoms with E-state index in [0.29, 0.717) is 0 Å². The molecular formula is C20H27IN4. The Kier molecular flexibility index (Phi) is 8.21. The van der Waals surface area contributed by atoms with Crippen LogP contribution in [0.5, 0.6) is 0 Å². The third kappa shape index (κ3) is 6.01. The van der Waals surface area contributed by atoms with E-state index in [-0.39, 0.29) is 24.0 Å². The zero-order chi connectivity index (χ0) is 16.6. The van der Waals surface area contributed by atoms with Crippen LogP contribution in [0.3, 0.4) is 0 Å². The minimum Gasteiger partial charge on any atom is -0.355 e. The molecule has 2 aromatic carbocycles. The van der Waals surface area contributed by atoms with Gasteiger partial charge in [-0.2, -0.15) is 0 Å². The summed E-state index contributed by atoms with van der Waals surface area (Å²) < 4.78 is 0. The minimum absolute atomic E-state index is 0. The molecule has 0 aliphatic carbocycles. The molecule has 1 aliphatic rings. The minimum atomic E-state index is 0. The van der Waals surface area contributed by atoms with Gasteiger partial charge in [-0.05, 0) is 23.1 Å². The van der Waals surface area contributed by atoms with Gasteiger partial charge >= 0.3 is 0 Å². The van der Waals surface area contributed by atoms with Gasteiger partial charge in [0.05, 0.1) is 0 Å². The molecule has 2 N–H and O–H groups in total. The second-order valence-corrected chi connectivity index (χ2v) is 6.13. The summed E-state index contributed by atoms with van der Waals surface area (Å²) >= 11 is 0. The van der Waals surface area contributed by atoms with Gasteiger partial charge in [0.25, 0.3) is 0 Å². The predicted molar refractivity (Wildman–Crippen MR) is 115 cm³/mol. The normalized spacial score (nSPS) is 14.4. The summed E-state index contributed by atoms with van der Waals surface area (Å²) in [7, 11) is 1.82. The molecule has 0 saturated carbocycles. The van der Waals surface area contributed by atoms with E-state index in [4.69, 9.17) is 0 Å². The number of benzene rings is 2. The first-order valence-electron chi connectivity index (χ1n) is 8.63. The summed E-state index contributed by atoms with van der Waals surface area (Å²) in [5.41, 5.74) is 4.23. The number of aliphatic imine (C=N–C) groups is 1. The molecule has 0 atom stereocenters. The molecule has 2 aromatic rings. The smallest absolute Gasteiger partial charge is 0.191 e. The van der Waals surface area contributed by atoms with Crippen molar-refractivity contribution < 1.29 is 0 Å². The highest BCUT2D eigenvalue weighted by Crippen LogP contribution is 2.17. The van der Waals surface area contributed by atoms with E-state index in [1.807, 2.05) is 13.1 Å². The van der Waals surface area contributed by atoms with Gasteiger partial charge in [0.1, 0.15) is 0 Å². The molecule has 1 aliphatic heterocycles. The summed E-state index contributed by atoms with van der Waals surface area (Å²) in [5.74, 6) is 0.858. The lowest BCUT2D eigenvalue weighted by Crippen LogP contribution is -2.42. The Morgan fingerprint density at radius 2 is 1.72 bits per heavy atom. The number of hydrogen-bond donors (Lipinski definition) is 2. The summed E-state index contributed by atoms with van der Waals surface area (Å²) in [4.78, 5) is 6.80. The first-order chi connectivity index (χ1) is 11.8. The van der Waals surface area contributed by atoms with Gasteiger partial charge < -0.3 is 10.6 Å². The molecule has 3 rings (SSSR count). The van der Waals surface area contributed by atoms with Crippen molar-refractivity contribution in [1.82, 2.24) is 15.5 Å². The fourth-order valence-corrected chi connectivity index (χ4v) is 3.08. The Bertz CT molecular complexity index is 672. The molecule has 25 heavy (non-hydrogen) atoms. The van der Waals surface area contributed by atoms with Gasteiger partial charge in [-0.25, -0.2) is 0 Å². The zero-order valence-corrected chi connectivity index (χ0v) is 17.1. The highest BCUT2D eigenvalue weighted by atomic mass is 127. The lowest BCUT2D eigenvalue weighted by Gasteiger charge is -2.28. The SMILES string of the molecule is CN=C(NCCN1CCc2ccccc2C1)NCc1ccccc1.I. The van der Waals surface area contributed by atoms with Gasteiger partial charge in [-0.1, -0.05) is 54.6 Å². The molecule has 0 bridgehead atoms. The summed E-state index contributed by atoms with van der Waals surface area (Å²) in [5, 5.41) is 6.77. The summed E-state index contributed by atoms with van der Waals surface area (Å²) in [6.07, 6.45) is 1.15. The molecule has 1 heterocycles. The first kappa shape index (κ1) is 19.7. The molecule has 0 aromatic heterocycles. The van der Waals surface area contributed by atoms with Crippen LogP contribution in [0, 0.1) is 0 Å². The Morgan fingerprint density at radius 1 is 1.00 bits per heavy atom. The third-order valence-corrected chi connectivity index (χ3v) is 4.46. The fourth-order valence-electron chi connectivity index (χ4n) is 3.08. The maximum absolute atomic E-state index is 4.30. The van der Waals surface area contributed by atoms with E-state index in [1.54, 1.807) is 0 Å². The maximum Gasteiger partial charge on any atom is 0.191 e. The van der Waals surface area contributed by atoms with Crippen molar-refractivity contribution in [2.24, 2.45) is 4.99 Å². The number of fused-ring (bicyclic) bond motifs is 1. The largest absolute Gasteiger partial charge is 0.355 e. The van der Waals surface area contributed by atoms with Crippen LogP contribution in [-0.4, -0.2) is 37.5 Å². The van der Waals surface area contributed by atoms with Crippen molar-refractivity contribution in [3.63, 3.8) is 0 Å². The van der Waals surface area contributed by atoms with E-state index in [9.17, 15) is 0 Å². The van der Waals surface area contributed by atoms with Crippen LogP contribution in [0.1, 0.15) is 16.7 Å². The summed E-state index contributed by atoms with van der Waals surface area (Å²) in [6, 6.07) is 19.1. The molecule has 0 spiro atoms. The van der Waals surface area contributed by atoms with Crippen LogP contribution in [0.4, 0.5) is 0 Å². The monoisotopic (exact) mass is 450 g/mol. The topological polar surface area (TPSA) is 39.7 Å². The van der Waals surface area contributed by atoms with Crippen molar-refractivity contribution in [1.29, 1.82) is 0 Å². The number of hydrogen-bond acceptors (Lipinski definition) is 2. The Morgan fingerprint density at radius 3 is 2.48 bits per heavy atom. The maximum atomic E-state index is 4.30. The van der Waals surface area contributed by atoms with Crippen molar-refractivity contribution in [3.8, 4) is 0 Å². The van der Waals surface area contributed by atoms with Crippen molar-refractivity contribution in [2.75, 3.05) is 26.7 Å². The first-order valence-corrected chi connectivity index (χ1v) is 8.63. The number of guanidine groups is 1. The van der Waals surface area contributed by atoms with Gasteiger partial charge in [-0.3, -0.25) is 9.89 Å². The molecule has 4 nitrogen and oxygen atoms in total. The van der Waals surface area contributed by atoms with Crippen LogP contribution >= 0.6 is 24.0 Å². The Labute approximate surface area is 167 Å². The van der Waals surface area contributed by atoms with E-state index in [2.05, 4.69) is 69.1 Å². The number of nitrogens with zero attached hydrogens (tertiary/aromatic N) is 2. The average Bonchev–Trinajstić information content (AvgIpc) is 2.65. The van der Waals surface area contributed by atoms with Crippen molar-refractivity contribution in [3.05, 3.63) is 71.3 Å². The van der Waals surface area contributed by atoms with E-state index >= 15 is 0 Å². The molecular weight excluding hydrogens is 423 g/mol. The number of halogens is 1. The van der Waals surface area contributed by atoms with E-state index in [0.717, 1.165) is 45.1 Å². The second-order valence-electron chi connectivity index (χ2n) is 6.13. The third-order valence-electron chi connectivity index (χ3n) is 4.46. The fraction of sp³-hybridized carbons (Fsp3) is 0.350. The molecule has 0 radical (unpaired) electrons. The van der Waals surface area contributed by atoms with Crippen LogP contribution in [-0.2, 0) is 19.5 Å². The molecule has 0 saturated heterocycles. The Balaban J connectivity index is 0.00000225. The standard InChI is InChI=1S/C20H26N4.HI/c1-21-20(23-15-17-7-3-2-4-8-17)22-12-14-24-13-11-18-9-5-6-10-19(18)16-24;/h2-10H,11-16H2,1H3,(H2,21,22,23);1H. The van der Waals surface area contributed by atoms with Gasteiger partial charge in [0.2, 0.25) is 0 Å². The van der Waals surface area contributed by atoms with Gasteiger partial charge in [0.15, 0.2) is 5.96 Å². The number of rotatable bonds is 5. The van der Waals surface area contributed by atoms with Gasteiger partial charge in [0, 0.05) is 39.8 Å². The average molecular weight is 450 g/mol. The van der Waals surface area contributed by atoms with Crippen molar-refractivity contribution in [2.45, 2.75) is 19.5 Å². The van der Waals surface area contributed by atoms with E-state index in [1.165, 1.54) is 16.7 Å². The van der Waals surface area contributed by atoms with Crippen LogP contribution in [0.15, 0.2) is 59.6 Å². The molecule has 134 valence electrons. The van der Waals surface area contributed by atoms with Crippen LogP contribution < -0.4 is 10.6 Å². The molecule has 0 fully saturated rings. The zero-order valence-electron chi connectivity index (χ0n) is 14.7. The molecule has 0 unspecified atom stereocenters. The second kappa shape index (κ2) is 10.4. The molecule has 5 heteroatoms. The predicted octanol–water partition coefficient (Wildman–Crippen LogP) is 3.03. The lowest BCUT2D eigenvalue weighted by molar-refractivity contribution is 0.258. The Hall–Kier alpha value is -1.60. The summed E-state index contributed by atoms with van der Waals surface area (Å²) in [6.45, 7) is 4.90.